The number of benzene rings is 1. The zero-order valence-electron chi connectivity index (χ0n) is 16.5. The Kier molecular flexibility index (Phi) is 8.49. The van der Waals surface area contributed by atoms with Crippen LogP contribution in [0.3, 0.4) is 0 Å². The summed E-state index contributed by atoms with van der Waals surface area (Å²) < 4.78 is 64.9. The largest absolute Gasteiger partial charge is 0.479 e. The van der Waals surface area contributed by atoms with Crippen LogP contribution in [0.2, 0.25) is 0 Å². The molecule has 0 radical (unpaired) electrons. The number of halogens is 4. The molecule has 2 unspecified atom stereocenters. The second kappa shape index (κ2) is 11.1. The molecule has 1 aromatic carbocycles. The Morgan fingerprint density at radius 3 is 2.83 bits per heavy atom. The fourth-order valence-corrected chi connectivity index (χ4v) is 3.47. The normalized spacial score (nSPS) is 17.8. The standard InChI is InChI=1S/C19H23BrF3N3O4/c1-27-11-26-18(24-19(20)25-26)14(5-4-10-29-15-6-2-3-9-28-15)30-13-8-7-12(21)16(22)17(13)23/h7-8,14-15H,2-6,9-11H2,1H3. The Morgan fingerprint density at radius 2 is 2.10 bits per heavy atom. The first-order valence-corrected chi connectivity index (χ1v) is 10.4. The van der Waals surface area contributed by atoms with Crippen molar-refractivity contribution in [1.29, 1.82) is 0 Å². The monoisotopic (exact) mass is 493 g/mol. The SMILES string of the molecule is COCn1nc(Br)nc1C(CCCOC1CCCCO1)Oc1ccc(F)c(F)c1F. The molecular weight excluding hydrogens is 471 g/mol. The molecule has 30 heavy (non-hydrogen) atoms. The lowest BCUT2D eigenvalue weighted by Crippen LogP contribution is -2.23. The zero-order valence-corrected chi connectivity index (χ0v) is 18.0. The molecule has 11 heteroatoms. The predicted octanol–water partition coefficient (Wildman–Crippen LogP) is 4.51. The Morgan fingerprint density at radius 1 is 1.27 bits per heavy atom. The average Bonchev–Trinajstić information content (AvgIpc) is 3.11. The van der Waals surface area contributed by atoms with Gasteiger partial charge in [-0.05, 0) is 60.2 Å². The topological polar surface area (TPSA) is 67.6 Å². The number of nitrogens with zero attached hydrogens (tertiary/aromatic N) is 3. The molecule has 0 amide bonds. The van der Waals surface area contributed by atoms with Gasteiger partial charge in [-0.3, -0.25) is 0 Å². The zero-order chi connectivity index (χ0) is 21.5. The van der Waals surface area contributed by atoms with E-state index >= 15 is 0 Å². The highest BCUT2D eigenvalue weighted by atomic mass is 79.9. The van der Waals surface area contributed by atoms with Gasteiger partial charge < -0.3 is 18.9 Å². The number of hydrogen-bond acceptors (Lipinski definition) is 6. The van der Waals surface area contributed by atoms with Gasteiger partial charge in [-0.1, -0.05) is 0 Å². The fraction of sp³-hybridized carbons (Fsp3) is 0.579. The molecular formula is C19H23BrF3N3O4. The second-order valence-corrected chi connectivity index (χ2v) is 7.45. The maximum Gasteiger partial charge on any atom is 0.217 e. The van der Waals surface area contributed by atoms with Crippen molar-refractivity contribution in [3.8, 4) is 5.75 Å². The van der Waals surface area contributed by atoms with Crippen LogP contribution in [0, 0.1) is 17.5 Å². The maximum atomic E-state index is 14.2. The van der Waals surface area contributed by atoms with Gasteiger partial charge in [0.05, 0.1) is 0 Å². The van der Waals surface area contributed by atoms with Gasteiger partial charge in [0.15, 0.2) is 35.6 Å². The van der Waals surface area contributed by atoms with Crippen LogP contribution in [0.1, 0.15) is 44.0 Å². The van der Waals surface area contributed by atoms with Crippen molar-refractivity contribution in [3.05, 3.63) is 40.1 Å². The van der Waals surface area contributed by atoms with E-state index in [0.717, 1.165) is 31.4 Å². The van der Waals surface area contributed by atoms with Gasteiger partial charge in [0.2, 0.25) is 10.6 Å². The third-order valence-electron chi connectivity index (χ3n) is 4.54. The van der Waals surface area contributed by atoms with Gasteiger partial charge in [0, 0.05) is 20.3 Å². The molecule has 2 heterocycles. The van der Waals surface area contributed by atoms with E-state index in [1.165, 1.54) is 11.8 Å². The van der Waals surface area contributed by atoms with Crippen molar-refractivity contribution in [2.75, 3.05) is 20.3 Å². The summed E-state index contributed by atoms with van der Waals surface area (Å²) in [6.45, 7) is 1.16. The molecule has 3 rings (SSSR count). The molecule has 2 aromatic rings. The van der Waals surface area contributed by atoms with Crippen LogP contribution in [0.15, 0.2) is 16.9 Å². The Bertz CT molecular complexity index is 834. The molecule has 0 bridgehead atoms. The third kappa shape index (κ3) is 5.93. The minimum absolute atomic E-state index is 0.0838. The molecule has 0 saturated carbocycles. The number of ether oxygens (including phenoxy) is 4. The Hall–Kier alpha value is -1.69. The van der Waals surface area contributed by atoms with Gasteiger partial charge in [0.25, 0.3) is 0 Å². The number of aromatic nitrogens is 3. The van der Waals surface area contributed by atoms with E-state index in [1.54, 1.807) is 0 Å². The molecule has 2 atom stereocenters. The van der Waals surface area contributed by atoms with Crippen LogP contribution in [0.25, 0.3) is 0 Å². The predicted molar refractivity (Wildman–Crippen MR) is 103 cm³/mol. The van der Waals surface area contributed by atoms with Crippen molar-refractivity contribution in [2.24, 2.45) is 0 Å². The lowest BCUT2D eigenvalue weighted by atomic mass is 10.1. The maximum absolute atomic E-state index is 14.2. The minimum Gasteiger partial charge on any atom is -0.479 e. The van der Waals surface area contributed by atoms with Crippen LogP contribution in [-0.4, -0.2) is 41.4 Å². The fourth-order valence-electron chi connectivity index (χ4n) is 3.10. The average molecular weight is 494 g/mol. The molecule has 0 aliphatic carbocycles. The first-order valence-electron chi connectivity index (χ1n) is 9.62. The summed E-state index contributed by atoms with van der Waals surface area (Å²) >= 11 is 3.20. The smallest absolute Gasteiger partial charge is 0.217 e. The van der Waals surface area contributed by atoms with Crippen molar-refractivity contribution in [1.82, 2.24) is 14.8 Å². The van der Waals surface area contributed by atoms with Crippen molar-refractivity contribution in [2.45, 2.75) is 51.2 Å². The van der Waals surface area contributed by atoms with Crippen molar-refractivity contribution in [3.63, 3.8) is 0 Å². The molecule has 1 fully saturated rings. The van der Waals surface area contributed by atoms with Crippen molar-refractivity contribution >= 4 is 15.9 Å². The van der Waals surface area contributed by atoms with E-state index in [2.05, 4.69) is 26.0 Å². The highest BCUT2D eigenvalue weighted by Crippen LogP contribution is 2.30. The van der Waals surface area contributed by atoms with Crippen LogP contribution >= 0.6 is 15.9 Å². The number of methoxy groups -OCH3 is 1. The summed E-state index contributed by atoms with van der Waals surface area (Å²) in [5, 5.41) is 4.16. The Balaban J connectivity index is 1.72. The second-order valence-electron chi connectivity index (χ2n) is 6.75. The first-order chi connectivity index (χ1) is 14.5. The quantitative estimate of drug-likeness (QED) is 0.358. The molecule has 0 N–H and O–H groups in total. The molecule has 166 valence electrons. The van der Waals surface area contributed by atoms with E-state index in [4.69, 9.17) is 18.9 Å². The first kappa shape index (κ1) is 23.0. The van der Waals surface area contributed by atoms with Crippen LogP contribution in [-0.2, 0) is 20.9 Å². The lowest BCUT2D eigenvalue weighted by Gasteiger charge is -2.23. The number of hydrogen-bond donors (Lipinski definition) is 0. The van der Waals surface area contributed by atoms with Gasteiger partial charge in [-0.2, -0.15) is 4.39 Å². The van der Waals surface area contributed by atoms with E-state index < -0.39 is 29.3 Å². The summed E-state index contributed by atoms with van der Waals surface area (Å²) in [5.41, 5.74) is 0. The molecule has 1 saturated heterocycles. The van der Waals surface area contributed by atoms with E-state index in [-0.39, 0.29) is 13.0 Å². The molecule has 7 nitrogen and oxygen atoms in total. The highest BCUT2D eigenvalue weighted by molar-refractivity contribution is 9.10. The summed E-state index contributed by atoms with van der Waals surface area (Å²) in [4.78, 5) is 4.27. The van der Waals surface area contributed by atoms with Gasteiger partial charge in [-0.15, -0.1) is 5.10 Å². The van der Waals surface area contributed by atoms with Gasteiger partial charge >= 0.3 is 0 Å². The van der Waals surface area contributed by atoms with E-state index in [1.807, 2.05) is 0 Å². The van der Waals surface area contributed by atoms with Gasteiger partial charge in [-0.25, -0.2) is 18.4 Å². The summed E-state index contributed by atoms with van der Waals surface area (Å²) in [6.07, 6.45) is 2.80. The number of rotatable bonds is 10. The molecule has 1 aliphatic heterocycles. The molecule has 1 aromatic heterocycles. The lowest BCUT2D eigenvalue weighted by molar-refractivity contribution is -0.163. The summed E-state index contributed by atoms with van der Waals surface area (Å²) in [7, 11) is 1.49. The third-order valence-corrected chi connectivity index (χ3v) is 4.87. The van der Waals surface area contributed by atoms with Gasteiger partial charge in [0.1, 0.15) is 6.73 Å². The molecule has 1 aliphatic rings. The van der Waals surface area contributed by atoms with Crippen molar-refractivity contribution < 1.29 is 32.1 Å². The highest BCUT2D eigenvalue weighted by Gasteiger charge is 2.25. The van der Waals surface area contributed by atoms with Crippen LogP contribution < -0.4 is 4.74 Å². The van der Waals surface area contributed by atoms with E-state index in [0.29, 0.717) is 36.6 Å². The van der Waals surface area contributed by atoms with E-state index in [9.17, 15) is 13.2 Å². The minimum atomic E-state index is -1.59. The van der Waals surface area contributed by atoms with Crippen LogP contribution in [0.4, 0.5) is 13.2 Å². The Labute approximate surface area is 180 Å². The van der Waals surface area contributed by atoms with Crippen LogP contribution in [0.5, 0.6) is 5.75 Å². The summed E-state index contributed by atoms with van der Waals surface area (Å²) in [6, 6.07) is 1.85. The summed E-state index contributed by atoms with van der Waals surface area (Å²) in [5.74, 6) is -4.35. The molecule has 0 spiro atoms.